The third-order valence-corrected chi connectivity index (χ3v) is 5.40. The molecule has 2 rings (SSSR count). The second-order valence-corrected chi connectivity index (χ2v) is 6.33. The zero-order valence-electron chi connectivity index (χ0n) is 11.1. The summed E-state index contributed by atoms with van der Waals surface area (Å²) < 4.78 is 0. The quantitative estimate of drug-likeness (QED) is 0.894. The standard InChI is InChI=1S/C14H24N2S/c1-10-8-9-17-14(10)11(2)16(3)13-6-4-12(15)5-7-13/h8-9,11-13H,4-7,15H2,1-3H3. The lowest BCUT2D eigenvalue weighted by atomic mass is 9.90. The maximum atomic E-state index is 5.98. The summed E-state index contributed by atoms with van der Waals surface area (Å²) in [4.78, 5) is 4.06. The molecule has 17 heavy (non-hydrogen) atoms. The van der Waals surface area contributed by atoms with E-state index >= 15 is 0 Å². The lowest BCUT2D eigenvalue weighted by molar-refractivity contribution is 0.142. The maximum absolute atomic E-state index is 5.98. The van der Waals surface area contributed by atoms with Gasteiger partial charge in [-0.2, -0.15) is 0 Å². The van der Waals surface area contributed by atoms with Crippen molar-refractivity contribution in [2.45, 2.75) is 57.7 Å². The van der Waals surface area contributed by atoms with Crippen LogP contribution >= 0.6 is 11.3 Å². The molecular weight excluding hydrogens is 228 g/mol. The van der Waals surface area contributed by atoms with Crippen LogP contribution in [0.2, 0.25) is 0 Å². The number of hydrogen-bond donors (Lipinski definition) is 1. The van der Waals surface area contributed by atoms with Crippen molar-refractivity contribution in [2.24, 2.45) is 5.73 Å². The van der Waals surface area contributed by atoms with Gasteiger partial charge < -0.3 is 5.73 Å². The first-order valence-electron chi connectivity index (χ1n) is 6.61. The summed E-state index contributed by atoms with van der Waals surface area (Å²) in [6.07, 6.45) is 4.88. The van der Waals surface area contributed by atoms with Crippen LogP contribution in [-0.4, -0.2) is 24.0 Å². The topological polar surface area (TPSA) is 29.3 Å². The lowest BCUT2D eigenvalue weighted by Crippen LogP contribution is -2.39. The van der Waals surface area contributed by atoms with Gasteiger partial charge in [-0.3, -0.25) is 4.90 Å². The van der Waals surface area contributed by atoms with Gasteiger partial charge in [0.05, 0.1) is 0 Å². The van der Waals surface area contributed by atoms with Crippen molar-refractivity contribution in [3.8, 4) is 0 Å². The largest absolute Gasteiger partial charge is 0.328 e. The summed E-state index contributed by atoms with van der Waals surface area (Å²) in [6, 6.07) is 3.92. The highest BCUT2D eigenvalue weighted by atomic mass is 32.1. The summed E-state index contributed by atoms with van der Waals surface area (Å²) in [6.45, 7) is 4.54. The zero-order valence-corrected chi connectivity index (χ0v) is 12.0. The molecule has 1 aliphatic rings. The molecule has 1 aromatic rings. The van der Waals surface area contributed by atoms with Crippen molar-refractivity contribution in [2.75, 3.05) is 7.05 Å². The Morgan fingerprint density at radius 3 is 2.53 bits per heavy atom. The minimum Gasteiger partial charge on any atom is -0.328 e. The Morgan fingerprint density at radius 1 is 1.35 bits per heavy atom. The average molecular weight is 252 g/mol. The molecule has 1 saturated carbocycles. The average Bonchev–Trinajstić information content (AvgIpc) is 2.74. The van der Waals surface area contributed by atoms with E-state index in [1.807, 2.05) is 11.3 Å². The molecule has 0 spiro atoms. The fourth-order valence-corrected chi connectivity index (χ4v) is 3.86. The van der Waals surface area contributed by atoms with E-state index in [1.54, 1.807) is 0 Å². The Bertz CT molecular complexity index is 353. The van der Waals surface area contributed by atoms with Crippen LogP contribution in [0, 0.1) is 6.92 Å². The molecule has 2 N–H and O–H groups in total. The lowest BCUT2D eigenvalue weighted by Gasteiger charge is -2.37. The molecular formula is C14H24N2S. The number of thiophene rings is 1. The SMILES string of the molecule is Cc1ccsc1C(C)N(C)C1CCC(N)CC1. The van der Waals surface area contributed by atoms with E-state index in [1.165, 1.54) is 36.1 Å². The predicted octanol–water partition coefficient (Wildman–Crippen LogP) is 3.32. The smallest absolute Gasteiger partial charge is 0.0415 e. The number of nitrogens with two attached hydrogens (primary N) is 1. The molecule has 1 heterocycles. The van der Waals surface area contributed by atoms with Gasteiger partial charge in [0.2, 0.25) is 0 Å². The summed E-state index contributed by atoms with van der Waals surface area (Å²) >= 11 is 1.88. The van der Waals surface area contributed by atoms with Crippen LogP contribution in [0.3, 0.4) is 0 Å². The fraction of sp³-hybridized carbons (Fsp3) is 0.714. The molecule has 1 atom stereocenters. The molecule has 3 heteroatoms. The summed E-state index contributed by atoms with van der Waals surface area (Å²) in [5, 5.41) is 2.20. The summed E-state index contributed by atoms with van der Waals surface area (Å²) in [5.74, 6) is 0. The van der Waals surface area contributed by atoms with Crippen molar-refractivity contribution < 1.29 is 0 Å². The molecule has 0 saturated heterocycles. The van der Waals surface area contributed by atoms with E-state index in [0.717, 1.165) is 0 Å². The first-order valence-corrected chi connectivity index (χ1v) is 7.49. The molecule has 0 amide bonds. The Balaban J connectivity index is 2.00. The molecule has 1 fully saturated rings. The van der Waals surface area contributed by atoms with Crippen LogP contribution in [-0.2, 0) is 0 Å². The first-order chi connectivity index (χ1) is 8.09. The first kappa shape index (κ1) is 13.1. The monoisotopic (exact) mass is 252 g/mol. The van der Waals surface area contributed by atoms with E-state index in [9.17, 15) is 0 Å². The normalized spacial score (nSPS) is 27.4. The van der Waals surface area contributed by atoms with Gasteiger partial charge >= 0.3 is 0 Å². The third-order valence-electron chi connectivity index (χ3n) is 4.21. The molecule has 2 nitrogen and oxygen atoms in total. The molecule has 1 unspecified atom stereocenters. The molecule has 0 aliphatic heterocycles. The minimum absolute atomic E-state index is 0.443. The Kier molecular flexibility index (Phi) is 4.23. The number of aryl methyl sites for hydroxylation is 1. The highest BCUT2D eigenvalue weighted by Crippen LogP contribution is 2.32. The molecule has 1 aliphatic carbocycles. The zero-order chi connectivity index (χ0) is 12.4. The second kappa shape index (κ2) is 5.51. The van der Waals surface area contributed by atoms with Crippen LogP contribution in [0.15, 0.2) is 11.4 Å². The molecule has 0 bridgehead atoms. The van der Waals surface area contributed by atoms with Crippen molar-refractivity contribution in [1.82, 2.24) is 4.90 Å². The minimum atomic E-state index is 0.443. The number of nitrogens with zero attached hydrogens (tertiary/aromatic N) is 1. The van der Waals surface area contributed by atoms with Gasteiger partial charge in [-0.25, -0.2) is 0 Å². The van der Waals surface area contributed by atoms with Gasteiger partial charge in [-0.05, 0) is 63.6 Å². The third kappa shape index (κ3) is 2.90. The van der Waals surface area contributed by atoms with Crippen LogP contribution in [0.4, 0.5) is 0 Å². The van der Waals surface area contributed by atoms with Gasteiger partial charge in [0.15, 0.2) is 0 Å². The molecule has 1 aromatic heterocycles. The second-order valence-electron chi connectivity index (χ2n) is 5.38. The van der Waals surface area contributed by atoms with E-state index in [0.29, 0.717) is 18.1 Å². The Morgan fingerprint density at radius 2 is 2.00 bits per heavy atom. The van der Waals surface area contributed by atoms with Crippen LogP contribution in [0.25, 0.3) is 0 Å². The highest BCUT2D eigenvalue weighted by molar-refractivity contribution is 7.10. The van der Waals surface area contributed by atoms with Gasteiger partial charge in [-0.1, -0.05) is 0 Å². The molecule has 0 aromatic carbocycles. The summed E-state index contributed by atoms with van der Waals surface area (Å²) in [7, 11) is 2.27. The fourth-order valence-electron chi connectivity index (χ4n) is 2.82. The van der Waals surface area contributed by atoms with Crippen molar-refractivity contribution in [1.29, 1.82) is 0 Å². The van der Waals surface area contributed by atoms with E-state index in [4.69, 9.17) is 5.73 Å². The maximum Gasteiger partial charge on any atom is 0.0415 e. The van der Waals surface area contributed by atoms with E-state index in [-0.39, 0.29) is 0 Å². The Labute approximate surface area is 109 Å². The van der Waals surface area contributed by atoms with Crippen molar-refractivity contribution >= 4 is 11.3 Å². The van der Waals surface area contributed by atoms with Gasteiger partial charge in [0.25, 0.3) is 0 Å². The van der Waals surface area contributed by atoms with Gasteiger partial charge in [-0.15, -0.1) is 11.3 Å². The van der Waals surface area contributed by atoms with Gasteiger partial charge in [0.1, 0.15) is 0 Å². The van der Waals surface area contributed by atoms with E-state index in [2.05, 4.69) is 37.2 Å². The number of rotatable bonds is 3. The van der Waals surface area contributed by atoms with Crippen LogP contribution in [0.5, 0.6) is 0 Å². The Hall–Kier alpha value is -0.380. The van der Waals surface area contributed by atoms with E-state index < -0.39 is 0 Å². The van der Waals surface area contributed by atoms with Gasteiger partial charge in [0, 0.05) is 23.0 Å². The van der Waals surface area contributed by atoms with Crippen molar-refractivity contribution in [3.63, 3.8) is 0 Å². The highest BCUT2D eigenvalue weighted by Gasteiger charge is 2.26. The van der Waals surface area contributed by atoms with Crippen molar-refractivity contribution in [3.05, 3.63) is 21.9 Å². The van der Waals surface area contributed by atoms with Crippen LogP contribution in [0.1, 0.15) is 49.1 Å². The predicted molar refractivity (Wildman–Crippen MR) is 75.5 cm³/mol. The van der Waals surface area contributed by atoms with Crippen LogP contribution < -0.4 is 5.73 Å². The molecule has 96 valence electrons. The summed E-state index contributed by atoms with van der Waals surface area (Å²) in [5.41, 5.74) is 7.41. The molecule has 0 radical (unpaired) electrons. The number of hydrogen-bond acceptors (Lipinski definition) is 3.